The van der Waals surface area contributed by atoms with Crippen molar-refractivity contribution >= 4 is 6.09 Å². The summed E-state index contributed by atoms with van der Waals surface area (Å²) < 4.78 is 5.16. The Morgan fingerprint density at radius 1 is 1.00 bits per heavy atom. The van der Waals surface area contributed by atoms with E-state index in [4.69, 9.17) is 4.74 Å². The minimum absolute atomic E-state index is 0.303. The van der Waals surface area contributed by atoms with Gasteiger partial charge in [0, 0.05) is 6.54 Å². The van der Waals surface area contributed by atoms with Gasteiger partial charge in [-0.05, 0) is 24.5 Å². The lowest BCUT2D eigenvalue weighted by Gasteiger charge is -2.07. The summed E-state index contributed by atoms with van der Waals surface area (Å²) in [5, 5.41) is 2.75. The van der Waals surface area contributed by atoms with Crippen LogP contribution in [-0.2, 0) is 17.8 Å². The first-order valence-electron chi connectivity index (χ1n) is 6.74. The van der Waals surface area contributed by atoms with Crippen LogP contribution in [0.25, 0.3) is 0 Å². The topological polar surface area (TPSA) is 38.3 Å². The van der Waals surface area contributed by atoms with E-state index in [9.17, 15) is 4.79 Å². The molecule has 0 unspecified atom stereocenters. The Morgan fingerprint density at radius 2 is 1.70 bits per heavy atom. The molecule has 0 saturated carbocycles. The molecule has 1 N–H and O–H groups in total. The molecule has 0 atom stereocenters. The number of hydrogen-bond acceptors (Lipinski definition) is 2. The Morgan fingerprint density at radius 3 is 2.40 bits per heavy atom. The molecule has 20 heavy (non-hydrogen) atoms. The van der Waals surface area contributed by atoms with E-state index in [-0.39, 0.29) is 6.09 Å². The van der Waals surface area contributed by atoms with Crippen molar-refractivity contribution < 1.29 is 9.53 Å². The van der Waals surface area contributed by atoms with Crippen molar-refractivity contribution in [3.63, 3.8) is 0 Å². The summed E-state index contributed by atoms with van der Waals surface area (Å²) in [6, 6.07) is 18.0. The predicted octanol–water partition coefficient (Wildman–Crippen LogP) is 3.46. The highest BCUT2D eigenvalue weighted by molar-refractivity contribution is 5.67. The summed E-state index contributed by atoms with van der Waals surface area (Å²) in [7, 11) is 0. The van der Waals surface area contributed by atoms with E-state index in [1.54, 1.807) is 0 Å². The molecule has 3 nitrogen and oxygen atoms in total. The molecule has 2 aromatic rings. The van der Waals surface area contributed by atoms with E-state index < -0.39 is 0 Å². The number of carbonyl (C=O) groups is 1. The van der Waals surface area contributed by atoms with E-state index in [1.165, 1.54) is 11.1 Å². The van der Waals surface area contributed by atoms with Crippen LogP contribution in [0.2, 0.25) is 0 Å². The number of aryl methyl sites for hydroxylation is 1. The normalized spacial score (nSPS) is 10.1. The van der Waals surface area contributed by atoms with E-state index in [1.807, 2.05) is 61.5 Å². The van der Waals surface area contributed by atoms with E-state index >= 15 is 0 Å². The molecule has 0 fully saturated rings. The molecule has 0 aliphatic rings. The third-order valence-corrected chi connectivity index (χ3v) is 3.02. The maximum atomic E-state index is 11.5. The van der Waals surface area contributed by atoms with Crippen molar-refractivity contribution in [2.75, 3.05) is 6.54 Å². The number of alkyl carbamates (subject to hydrolysis) is 1. The van der Waals surface area contributed by atoms with Crippen LogP contribution < -0.4 is 5.32 Å². The third-order valence-electron chi connectivity index (χ3n) is 3.02. The summed E-state index contributed by atoms with van der Waals surface area (Å²) in [6.07, 6.45) is 0.432. The molecular formula is C17H19NO2. The molecule has 0 heterocycles. The smallest absolute Gasteiger partial charge is 0.407 e. The van der Waals surface area contributed by atoms with Crippen LogP contribution in [0.1, 0.15) is 16.7 Å². The van der Waals surface area contributed by atoms with E-state index in [0.717, 1.165) is 12.0 Å². The molecule has 0 aromatic heterocycles. The first kappa shape index (κ1) is 14.1. The second kappa shape index (κ2) is 7.34. The highest BCUT2D eigenvalue weighted by atomic mass is 16.5. The quantitative estimate of drug-likeness (QED) is 0.902. The van der Waals surface area contributed by atoms with Gasteiger partial charge in [-0.25, -0.2) is 4.79 Å². The maximum Gasteiger partial charge on any atom is 0.407 e. The third kappa shape index (κ3) is 4.76. The number of nitrogens with one attached hydrogen (secondary N) is 1. The molecule has 0 aliphatic carbocycles. The summed E-state index contributed by atoms with van der Waals surface area (Å²) in [5.41, 5.74) is 3.39. The number of rotatable bonds is 5. The average Bonchev–Trinajstić information content (AvgIpc) is 2.48. The lowest BCUT2D eigenvalue weighted by atomic mass is 10.1. The summed E-state index contributed by atoms with van der Waals surface area (Å²) in [4.78, 5) is 11.5. The number of hydrogen-bond donors (Lipinski definition) is 1. The molecular weight excluding hydrogens is 250 g/mol. The average molecular weight is 269 g/mol. The number of carbonyl (C=O) groups excluding carboxylic acids is 1. The van der Waals surface area contributed by atoms with Gasteiger partial charge < -0.3 is 10.1 Å². The summed E-state index contributed by atoms with van der Waals surface area (Å²) in [6.45, 7) is 2.91. The Hall–Kier alpha value is -2.29. The number of ether oxygens (including phenoxy) is 1. The van der Waals surface area contributed by atoms with Crippen LogP contribution in [0.3, 0.4) is 0 Å². The molecule has 0 bridgehead atoms. The van der Waals surface area contributed by atoms with Crippen molar-refractivity contribution in [2.24, 2.45) is 0 Å². The van der Waals surface area contributed by atoms with Gasteiger partial charge in [0.2, 0.25) is 0 Å². The van der Waals surface area contributed by atoms with Crippen molar-refractivity contribution in [1.29, 1.82) is 0 Å². The zero-order valence-corrected chi connectivity index (χ0v) is 11.6. The molecule has 1 amide bonds. The SMILES string of the molecule is Cc1ccc(COC(=O)NCCc2ccccc2)cc1. The minimum Gasteiger partial charge on any atom is -0.445 e. The van der Waals surface area contributed by atoms with Gasteiger partial charge in [0.1, 0.15) is 6.61 Å². The molecule has 104 valence electrons. The first-order valence-corrected chi connectivity index (χ1v) is 6.74. The Balaban J connectivity index is 1.67. The van der Waals surface area contributed by atoms with Gasteiger partial charge in [-0.15, -0.1) is 0 Å². The molecule has 0 radical (unpaired) electrons. The van der Waals surface area contributed by atoms with Gasteiger partial charge in [0.05, 0.1) is 0 Å². The molecule has 0 spiro atoms. The van der Waals surface area contributed by atoms with Gasteiger partial charge in [-0.1, -0.05) is 60.2 Å². The van der Waals surface area contributed by atoms with Gasteiger partial charge in [-0.3, -0.25) is 0 Å². The Bertz CT molecular complexity index is 535. The van der Waals surface area contributed by atoms with Crippen LogP contribution in [0.15, 0.2) is 54.6 Å². The molecule has 2 aromatic carbocycles. The second-order valence-electron chi connectivity index (χ2n) is 4.72. The molecule has 2 rings (SSSR count). The lowest BCUT2D eigenvalue weighted by Crippen LogP contribution is -2.26. The number of benzene rings is 2. The van der Waals surface area contributed by atoms with Gasteiger partial charge >= 0.3 is 6.09 Å². The largest absolute Gasteiger partial charge is 0.445 e. The fourth-order valence-electron chi connectivity index (χ4n) is 1.84. The fraction of sp³-hybridized carbons (Fsp3) is 0.235. The second-order valence-corrected chi connectivity index (χ2v) is 4.72. The zero-order chi connectivity index (χ0) is 14.2. The zero-order valence-electron chi connectivity index (χ0n) is 11.6. The summed E-state index contributed by atoms with van der Waals surface area (Å²) >= 11 is 0. The van der Waals surface area contributed by atoms with Crippen molar-refractivity contribution in [2.45, 2.75) is 20.0 Å². The van der Waals surface area contributed by atoms with Crippen LogP contribution in [0.4, 0.5) is 4.79 Å². The van der Waals surface area contributed by atoms with Gasteiger partial charge in [0.25, 0.3) is 0 Å². The maximum absolute atomic E-state index is 11.5. The lowest BCUT2D eigenvalue weighted by molar-refractivity contribution is 0.140. The van der Waals surface area contributed by atoms with Crippen LogP contribution in [0.5, 0.6) is 0 Å². The van der Waals surface area contributed by atoms with Crippen LogP contribution >= 0.6 is 0 Å². The fourth-order valence-corrected chi connectivity index (χ4v) is 1.84. The minimum atomic E-state index is -0.374. The van der Waals surface area contributed by atoms with E-state index in [2.05, 4.69) is 5.32 Å². The summed E-state index contributed by atoms with van der Waals surface area (Å²) in [5.74, 6) is 0. The molecule has 0 aliphatic heterocycles. The van der Waals surface area contributed by atoms with Crippen LogP contribution in [0, 0.1) is 6.92 Å². The first-order chi connectivity index (χ1) is 9.74. The monoisotopic (exact) mass is 269 g/mol. The van der Waals surface area contributed by atoms with E-state index in [0.29, 0.717) is 13.2 Å². The molecule has 3 heteroatoms. The Labute approximate surface area is 119 Å². The predicted molar refractivity (Wildman–Crippen MR) is 79.5 cm³/mol. The van der Waals surface area contributed by atoms with Crippen LogP contribution in [-0.4, -0.2) is 12.6 Å². The number of amides is 1. The van der Waals surface area contributed by atoms with Gasteiger partial charge in [0.15, 0.2) is 0 Å². The highest BCUT2D eigenvalue weighted by Crippen LogP contribution is 2.04. The molecule has 0 saturated heterocycles. The standard InChI is InChI=1S/C17H19NO2/c1-14-7-9-16(10-8-14)13-20-17(19)18-12-11-15-5-3-2-4-6-15/h2-10H,11-13H2,1H3,(H,18,19). The van der Waals surface area contributed by atoms with Gasteiger partial charge in [-0.2, -0.15) is 0 Å². The van der Waals surface area contributed by atoms with Crippen molar-refractivity contribution in [3.8, 4) is 0 Å². The Kier molecular flexibility index (Phi) is 5.18. The van der Waals surface area contributed by atoms with Crippen molar-refractivity contribution in [1.82, 2.24) is 5.32 Å². The highest BCUT2D eigenvalue weighted by Gasteiger charge is 2.02. The van der Waals surface area contributed by atoms with Crippen molar-refractivity contribution in [3.05, 3.63) is 71.3 Å².